The van der Waals surface area contributed by atoms with Crippen molar-refractivity contribution in [2.75, 3.05) is 5.32 Å². The highest BCUT2D eigenvalue weighted by molar-refractivity contribution is 6.08. The van der Waals surface area contributed by atoms with Crippen LogP contribution in [-0.4, -0.2) is 27.2 Å². The maximum atomic E-state index is 11.9. The van der Waals surface area contributed by atoms with Gasteiger partial charge in [-0.1, -0.05) is 12.1 Å². The van der Waals surface area contributed by atoms with E-state index in [-0.39, 0.29) is 11.1 Å². The Labute approximate surface area is 121 Å². The van der Waals surface area contributed by atoms with Crippen LogP contribution >= 0.6 is 0 Å². The molecule has 0 aliphatic carbocycles. The molecule has 0 unspecified atom stereocenters. The monoisotopic (exact) mass is 285 g/mol. The molecule has 3 N–H and O–H groups in total. The highest BCUT2D eigenvalue weighted by Gasteiger charge is 2.12. The lowest BCUT2D eigenvalue weighted by molar-refractivity contribution is -0.133. The second-order valence-corrected chi connectivity index (χ2v) is 4.56. The van der Waals surface area contributed by atoms with Gasteiger partial charge < -0.3 is 10.4 Å². The average molecular weight is 285 g/mol. The second kappa shape index (κ2) is 6.04. The zero-order valence-electron chi connectivity index (χ0n) is 11.7. The van der Waals surface area contributed by atoms with Gasteiger partial charge in [-0.05, 0) is 37.6 Å². The van der Waals surface area contributed by atoms with E-state index in [1.807, 2.05) is 18.2 Å². The van der Waals surface area contributed by atoms with Crippen molar-refractivity contribution >= 4 is 17.6 Å². The van der Waals surface area contributed by atoms with Crippen LogP contribution in [0.3, 0.4) is 0 Å². The fraction of sp³-hybridized carbons (Fsp3) is 0.133. The average Bonchev–Trinajstić information content (AvgIpc) is 3.00. The summed E-state index contributed by atoms with van der Waals surface area (Å²) in [5, 5.41) is 18.2. The molecule has 0 saturated heterocycles. The molecule has 2 aromatic rings. The van der Waals surface area contributed by atoms with Crippen molar-refractivity contribution in [3.63, 3.8) is 0 Å². The zero-order chi connectivity index (χ0) is 15.4. The van der Waals surface area contributed by atoms with Crippen molar-refractivity contribution in [2.45, 2.75) is 13.8 Å². The van der Waals surface area contributed by atoms with E-state index in [9.17, 15) is 9.59 Å². The molecule has 0 atom stereocenters. The largest absolute Gasteiger partial charge is 0.478 e. The van der Waals surface area contributed by atoms with Gasteiger partial charge in [-0.25, -0.2) is 4.79 Å². The maximum Gasteiger partial charge on any atom is 0.331 e. The molecule has 6 heteroatoms. The van der Waals surface area contributed by atoms with Crippen LogP contribution < -0.4 is 5.32 Å². The van der Waals surface area contributed by atoms with Gasteiger partial charge in [-0.2, -0.15) is 5.10 Å². The Morgan fingerprint density at radius 3 is 2.29 bits per heavy atom. The molecule has 0 aliphatic heterocycles. The van der Waals surface area contributed by atoms with E-state index >= 15 is 0 Å². The van der Waals surface area contributed by atoms with Crippen molar-refractivity contribution in [3.8, 4) is 11.3 Å². The number of carboxylic acid groups (broad SMARTS) is 1. The Hall–Kier alpha value is -2.89. The van der Waals surface area contributed by atoms with Crippen LogP contribution in [0.25, 0.3) is 11.3 Å². The standard InChI is InChI=1S/C15H15N3O3/c1-9(10(2)15(20)21)14(19)17-12-5-3-11(4-6-12)13-7-8-16-18-13/h3-8H,1-2H3,(H,16,18)(H,17,19)(H,20,21). The van der Waals surface area contributed by atoms with Crippen molar-refractivity contribution in [3.05, 3.63) is 47.7 Å². The number of carboxylic acids is 1. The lowest BCUT2D eigenvalue weighted by Crippen LogP contribution is -2.16. The first-order valence-corrected chi connectivity index (χ1v) is 6.31. The summed E-state index contributed by atoms with van der Waals surface area (Å²) in [5.74, 6) is -1.53. The molecular formula is C15H15N3O3. The SMILES string of the molecule is CC(C(=O)O)=C(C)C(=O)Nc1ccc(-c2ccn[nH]2)cc1. The van der Waals surface area contributed by atoms with E-state index in [0.717, 1.165) is 11.3 Å². The van der Waals surface area contributed by atoms with Crippen LogP contribution in [0.1, 0.15) is 13.8 Å². The maximum absolute atomic E-state index is 11.9. The van der Waals surface area contributed by atoms with Gasteiger partial charge in [-0.3, -0.25) is 9.89 Å². The molecule has 0 fully saturated rings. The molecular weight excluding hydrogens is 270 g/mol. The Morgan fingerprint density at radius 2 is 1.76 bits per heavy atom. The van der Waals surface area contributed by atoms with Crippen LogP contribution in [0.2, 0.25) is 0 Å². The summed E-state index contributed by atoms with van der Waals surface area (Å²) in [6, 6.07) is 9.02. The quantitative estimate of drug-likeness (QED) is 0.752. The number of aromatic amines is 1. The number of H-pyrrole nitrogens is 1. The summed E-state index contributed by atoms with van der Waals surface area (Å²) in [4.78, 5) is 22.7. The van der Waals surface area contributed by atoms with E-state index in [0.29, 0.717) is 5.69 Å². The lowest BCUT2D eigenvalue weighted by atomic mass is 10.1. The predicted octanol–water partition coefficient (Wildman–Crippen LogP) is 2.44. The Kier molecular flexibility index (Phi) is 4.18. The van der Waals surface area contributed by atoms with E-state index in [4.69, 9.17) is 5.11 Å². The van der Waals surface area contributed by atoms with Crippen LogP contribution in [-0.2, 0) is 9.59 Å². The van der Waals surface area contributed by atoms with Crippen LogP contribution in [0.4, 0.5) is 5.69 Å². The second-order valence-electron chi connectivity index (χ2n) is 4.56. The molecule has 2 rings (SSSR count). The summed E-state index contributed by atoms with van der Waals surface area (Å²) in [6.07, 6.45) is 1.66. The molecule has 1 amide bonds. The number of carbonyl (C=O) groups is 2. The van der Waals surface area contributed by atoms with E-state index in [2.05, 4.69) is 15.5 Å². The minimum atomic E-state index is -1.10. The summed E-state index contributed by atoms with van der Waals surface area (Å²) in [7, 11) is 0. The van der Waals surface area contributed by atoms with Gasteiger partial charge in [0.1, 0.15) is 0 Å². The molecule has 6 nitrogen and oxygen atoms in total. The van der Waals surface area contributed by atoms with Gasteiger partial charge in [0.25, 0.3) is 5.91 Å². The number of hydrogen-bond acceptors (Lipinski definition) is 3. The molecule has 0 saturated carbocycles. The number of rotatable bonds is 4. The van der Waals surface area contributed by atoms with E-state index < -0.39 is 11.9 Å². The molecule has 0 spiro atoms. The van der Waals surface area contributed by atoms with Gasteiger partial charge in [0, 0.05) is 23.0 Å². The number of carbonyl (C=O) groups excluding carboxylic acids is 1. The smallest absolute Gasteiger partial charge is 0.331 e. The molecule has 1 aromatic carbocycles. The summed E-state index contributed by atoms with van der Waals surface area (Å²) in [6.45, 7) is 2.89. The molecule has 1 aromatic heterocycles. The van der Waals surface area contributed by atoms with Gasteiger partial charge in [-0.15, -0.1) is 0 Å². The number of hydrogen-bond donors (Lipinski definition) is 3. The van der Waals surface area contributed by atoms with Gasteiger partial charge in [0.05, 0.1) is 5.69 Å². The van der Waals surface area contributed by atoms with E-state index in [1.165, 1.54) is 13.8 Å². The highest BCUT2D eigenvalue weighted by Crippen LogP contribution is 2.19. The molecule has 108 valence electrons. The Morgan fingerprint density at radius 1 is 1.10 bits per heavy atom. The predicted molar refractivity (Wildman–Crippen MR) is 78.7 cm³/mol. The van der Waals surface area contributed by atoms with Crippen molar-refractivity contribution in [1.82, 2.24) is 10.2 Å². The number of nitrogens with zero attached hydrogens (tertiary/aromatic N) is 1. The van der Waals surface area contributed by atoms with Crippen molar-refractivity contribution in [1.29, 1.82) is 0 Å². The van der Waals surface area contributed by atoms with Crippen molar-refractivity contribution < 1.29 is 14.7 Å². The van der Waals surface area contributed by atoms with E-state index in [1.54, 1.807) is 18.3 Å². The number of anilines is 1. The van der Waals surface area contributed by atoms with Crippen LogP contribution in [0.5, 0.6) is 0 Å². The third kappa shape index (κ3) is 3.36. The minimum absolute atomic E-state index is 0.0292. The number of aromatic nitrogens is 2. The number of amides is 1. The zero-order valence-corrected chi connectivity index (χ0v) is 11.7. The first kappa shape index (κ1) is 14.5. The molecule has 0 aliphatic rings. The third-order valence-electron chi connectivity index (χ3n) is 3.18. The highest BCUT2D eigenvalue weighted by atomic mass is 16.4. The fourth-order valence-corrected chi connectivity index (χ4v) is 1.71. The van der Waals surface area contributed by atoms with Crippen LogP contribution in [0, 0.1) is 0 Å². The Bertz CT molecular complexity index is 685. The normalized spacial score (nSPS) is 11.7. The third-order valence-corrected chi connectivity index (χ3v) is 3.18. The summed E-state index contributed by atoms with van der Waals surface area (Å²) < 4.78 is 0. The number of aliphatic carboxylic acids is 1. The van der Waals surface area contributed by atoms with Gasteiger partial charge in [0.2, 0.25) is 0 Å². The minimum Gasteiger partial charge on any atom is -0.478 e. The first-order chi connectivity index (χ1) is 9.99. The summed E-state index contributed by atoms with van der Waals surface area (Å²) >= 11 is 0. The van der Waals surface area contributed by atoms with Gasteiger partial charge in [0.15, 0.2) is 0 Å². The topological polar surface area (TPSA) is 95.1 Å². The molecule has 1 heterocycles. The summed E-state index contributed by atoms with van der Waals surface area (Å²) in [5.41, 5.74) is 2.63. The fourth-order valence-electron chi connectivity index (χ4n) is 1.71. The number of benzene rings is 1. The first-order valence-electron chi connectivity index (χ1n) is 6.31. The van der Waals surface area contributed by atoms with Crippen molar-refractivity contribution in [2.24, 2.45) is 0 Å². The number of nitrogens with one attached hydrogen (secondary N) is 2. The van der Waals surface area contributed by atoms with Crippen LogP contribution in [0.15, 0.2) is 47.7 Å². The van der Waals surface area contributed by atoms with Gasteiger partial charge >= 0.3 is 5.97 Å². The molecule has 0 bridgehead atoms. The molecule has 0 radical (unpaired) electrons. The Balaban J connectivity index is 2.12. The lowest BCUT2D eigenvalue weighted by Gasteiger charge is -2.07. The molecule has 21 heavy (non-hydrogen) atoms.